The van der Waals surface area contributed by atoms with Crippen molar-refractivity contribution in [3.8, 4) is 0 Å². The number of nitrogens with zero attached hydrogens (tertiary/aromatic N) is 4. The second-order valence-electron chi connectivity index (χ2n) is 8.04. The highest BCUT2D eigenvalue weighted by Crippen LogP contribution is 2.42. The molecule has 1 aliphatic rings. The van der Waals surface area contributed by atoms with Crippen molar-refractivity contribution >= 4 is 17.7 Å². The largest absolute Gasteiger partial charge is 0.416 e. The van der Waals surface area contributed by atoms with Crippen LogP contribution in [0.2, 0.25) is 0 Å². The summed E-state index contributed by atoms with van der Waals surface area (Å²) in [6, 6.07) is 4.34. The average Bonchev–Trinajstić information content (AvgIpc) is 3.26. The Morgan fingerprint density at radius 2 is 2.00 bits per heavy atom. The first-order chi connectivity index (χ1) is 15.0. The van der Waals surface area contributed by atoms with Gasteiger partial charge in [0.2, 0.25) is 17.7 Å². The Bertz CT molecular complexity index is 1030. The number of benzene rings is 1. The molecule has 10 heteroatoms. The molecule has 3 amide bonds. The van der Waals surface area contributed by atoms with Crippen LogP contribution in [0.25, 0.3) is 0 Å². The van der Waals surface area contributed by atoms with Crippen molar-refractivity contribution in [1.29, 1.82) is 0 Å². The summed E-state index contributed by atoms with van der Waals surface area (Å²) >= 11 is 0. The molecule has 0 spiro atoms. The van der Waals surface area contributed by atoms with E-state index in [1.54, 1.807) is 31.9 Å². The van der Waals surface area contributed by atoms with Gasteiger partial charge in [0.25, 0.3) is 0 Å². The lowest BCUT2D eigenvalue weighted by molar-refractivity contribution is -0.142. The maximum absolute atomic E-state index is 13.3. The van der Waals surface area contributed by atoms with Crippen molar-refractivity contribution in [2.45, 2.75) is 37.8 Å². The zero-order valence-corrected chi connectivity index (χ0v) is 18.1. The van der Waals surface area contributed by atoms with E-state index in [4.69, 9.17) is 0 Å². The third-order valence-electron chi connectivity index (χ3n) is 5.84. The van der Waals surface area contributed by atoms with Gasteiger partial charge in [-0.05, 0) is 30.5 Å². The van der Waals surface area contributed by atoms with Crippen molar-refractivity contribution in [3.05, 3.63) is 53.3 Å². The van der Waals surface area contributed by atoms with Crippen LogP contribution in [0.1, 0.15) is 36.5 Å². The first-order valence-electron chi connectivity index (χ1n) is 10.2. The number of likely N-dealkylation sites (N-methyl/N-ethyl adjacent to an activating group) is 2. The van der Waals surface area contributed by atoms with Gasteiger partial charge in [-0.2, -0.15) is 18.3 Å². The number of imide groups is 1. The SMILES string of the molecule is CCN1C(=O)CC(CC(=O)N(C)CCc2cnn(C)c2)(c2cccc(C(F)(F)F)c2)C1=O. The topological polar surface area (TPSA) is 75.5 Å². The van der Waals surface area contributed by atoms with Crippen LogP contribution in [-0.2, 0) is 39.4 Å². The van der Waals surface area contributed by atoms with Gasteiger partial charge < -0.3 is 4.90 Å². The summed E-state index contributed by atoms with van der Waals surface area (Å²) in [5.41, 5.74) is -1.64. The molecule has 1 aromatic carbocycles. The van der Waals surface area contributed by atoms with Crippen LogP contribution in [0.3, 0.4) is 0 Å². The number of carbonyl (C=O) groups excluding carboxylic acids is 3. The second-order valence-corrected chi connectivity index (χ2v) is 8.04. The number of aryl methyl sites for hydroxylation is 1. The third kappa shape index (κ3) is 4.53. The van der Waals surface area contributed by atoms with Crippen LogP contribution in [0.5, 0.6) is 0 Å². The van der Waals surface area contributed by atoms with Gasteiger partial charge >= 0.3 is 6.18 Å². The van der Waals surface area contributed by atoms with E-state index in [0.717, 1.165) is 22.6 Å². The molecule has 1 saturated heterocycles. The van der Waals surface area contributed by atoms with Gasteiger partial charge in [-0.1, -0.05) is 18.2 Å². The maximum Gasteiger partial charge on any atom is 0.416 e. The van der Waals surface area contributed by atoms with Crippen LogP contribution in [0, 0.1) is 0 Å². The van der Waals surface area contributed by atoms with Gasteiger partial charge in [0.1, 0.15) is 0 Å². The predicted octanol–water partition coefficient (Wildman–Crippen LogP) is 2.55. The van der Waals surface area contributed by atoms with Gasteiger partial charge in [-0.25, -0.2) is 0 Å². The number of rotatable bonds is 7. The highest BCUT2D eigenvalue weighted by Gasteiger charge is 2.54. The van der Waals surface area contributed by atoms with Gasteiger partial charge in [0.05, 0.1) is 17.2 Å². The lowest BCUT2D eigenvalue weighted by atomic mass is 9.75. The molecule has 0 saturated carbocycles. The molecular formula is C22H25F3N4O3. The van der Waals surface area contributed by atoms with E-state index in [9.17, 15) is 27.6 Å². The molecular weight excluding hydrogens is 425 g/mol. The zero-order valence-electron chi connectivity index (χ0n) is 18.1. The summed E-state index contributed by atoms with van der Waals surface area (Å²) < 4.78 is 41.6. The fourth-order valence-corrected chi connectivity index (χ4v) is 4.00. The number of alkyl halides is 3. The first kappa shape index (κ1) is 23.5. The Balaban J connectivity index is 1.90. The Kier molecular flexibility index (Phi) is 6.43. The quantitative estimate of drug-likeness (QED) is 0.608. The van der Waals surface area contributed by atoms with Gasteiger partial charge in [0, 0.05) is 46.2 Å². The highest BCUT2D eigenvalue weighted by molar-refractivity contribution is 6.10. The molecule has 1 aromatic heterocycles. The Labute approximate surface area is 183 Å². The first-order valence-corrected chi connectivity index (χ1v) is 10.2. The Morgan fingerprint density at radius 1 is 1.28 bits per heavy atom. The Hall–Kier alpha value is -3.17. The molecule has 1 atom stereocenters. The number of likely N-dealkylation sites (tertiary alicyclic amines) is 1. The third-order valence-corrected chi connectivity index (χ3v) is 5.84. The van der Waals surface area contributed by atoms with Crippen molar-refractivity contribution < 1.29 is 27.6 Å². The van der Waals surface area contributed by atoms with Crippen molar-refractivity contribution in [1.82, 2.24) is 19.6 Å². The second kappa shape index (κ2) is 8.76. The molecule has 172 valence electrons. The lowest BCUT2D eigenvalue weighted by Crippen LogP contribution is -2.43. The maximum atomic E-state index is 13.3. The zero-order chi connectivity index (χ0) is 23.7. The van der Waals surface area contributed by atoms with E-state index in [2.05, 4.69) is 5.10 Å². The van der Waals surface area contributed by atoms with Crippen LogP contribution < -0.4 is 0 Å². The highest BCUT2D eigenvalue weighted by atomic mass is 19.4. The summed E-state index contributed by atoms with van der Waals surface area (Å²) in [6.07, 6.45) is -1.32. The number of hydrogen-bond acceptors (Lipinski definition) is 4. The fourth-order valence-electron chi connectivity index (χ4n) is 4.00. The average molecular weight is 450 g/mol. The molecule has 0 radical (unpaired) electrons. The van der Waals surface area contributed by atoms with E-state index in [0.29, 0.717) is 13.0 Å². The van der Waals surface area contributed by atoms with Gasteiger partial charge in [-0.15, -0.1) is 0 Å². The molecule has 1 aliphatic heterocycles. The molecule has 7 nitrogen and oxygen atoms in total. The number of aromatic nitrogens is 2. The number of hydrogen-bond donors (Lipinski definition) is 0. The molecule has 0 bridgehead atoms. The molecule has 1 unspecified atom stereocenters. The number of halogens is 3. The van der Waals surface area contributed by atoms with Crippen molar-refractivity contribution in [2.75, 3.05) is 20.1 Å². The molecule has 0 N–H and O–H groups in total. The van der Waals surface area contributed by atoms with Gasteiger partial charge in [-0.3, -0.25) is 24.0 Å². The minimum absolute atomic E-state index is 0.0237. The van der Waals surface area contributed by atoms with E-state index in [1.807, 2.05) is 6.20 Å². The molecule has 2 heterocycles. The minimum atomic E-state index is -4.61. The van der Waals surface area contributed by atoms with Crippen molar-refractivity contribution in [3.63, 3.8) is 0 Å². The Morgan fingerprint density at radius 3 is 2.56 bits per heavy atom. The van der Waals surface area contributed by atoms with Crippen molar-refractivity contribution in [2.24, 2.45) is 7.05 Å². The summed E-state index contributed by atoms with van der Waals surface area (Å²) in [5.74, 6) is -1.57. The molecule has 3 rings (SSSR count). The number of carbonyl (C=O) groups is 3. The van der Waals surface area contributed by atoms with E-state index in [-0.39, 0.29) is 24.9 Å². The standard InChI is InChI=1S/C22H25F3N4O3/c1-4-29-19(31)12-21(20(29)32,16-6-5-7-17(10-16)22(23,24)25)11-18(30)27(2)9-8-15-13-26-28(3)14-15/h5-7,10,13-14H,4,8-9,11-12H2,1-3H3. The van der Waals surface area contributed by atoms with E-state index in [1.165, 1.54) is 17.0 Å². The van der Waals surface area contributed by atoms with E-state index < -0.39 is 34.9 Å². The minimum Gasteiger partial charge on any atom is -0.345 e. The van der Waals surface area contributed by atoms with E-state index >= 15 is 0 Å². The smallest absolute Gasteiger partial charge is 0.345 e. The fraction of sp³-hybridized carbons (Fsp3) is 0.455. The summed E-state index contributed by atoms with van der Waals surface area (Å²) in [4.78, 5) is 41.2. The monoisotopic (exact) mass is 450 g/mol. The van der Waals surface area contributed by atoms with Crippen LogP contribution >= 0.6 is 0 Å². The summed E-state index contributed by atoms with van der Waals surface area (Å²) in [5, 5.41) is 4.07. The summed E-state index contributed by atoms with van der Waals surface area (Å²) in [6.45, 7) is 2.03. The molecule has 2 aromatic rings. The lowest BCUT2D eigenvalue weighted by Gasteiger charge is -2.29. The molecule has 1 fully saturated rings. The number of amides is 3. The normalized spacial score (nSPS) is 19.0. The van der Waals surface area contributed by atoms with Crippen LogP contribution in [-0.4, -0.2) is 57.4 Å². The molecule has 0 aliphatic carbocycles. The molecule has 32 heavy (non-hydrogen) atoms. The van der Waals surface area contributed by atoms with Crippen LogP contribution in [0.4, 0.5) is 13.2 Å². The summed E-state index contributed by atoms with van der Waals surface area (Å²) in [7, 11) is 3.34. The van der Waals surface area contributed by atoms with Gasteiger partial charge in [0.15, 0.2) is 0 Å². The predicted molar refractivity (Wildman–Crippen MR) is 109 cm³/mol. The van der Waals surface area contributed by atoms with Crippen LogP contribution in [0.15, 0.2) is 36.7 Å².